The van der Waals surface area contributed by atoms with E-state index in [2.05, 4.69) is 20.6 Å². The van der Waals surface area contributed by atoms with Gasteiger partial charge in [-0.15, -0.1) is 11.3 Å². The van der Waals surface area contributed by atoms with E-state index >= 15 is 0 Å². The third kappa shape index (κ3) is 4.53. The largest absolute Gasteiger partial charge is 0.379 e. The molecular formula is C12H22N4OS. The number of ether oxygens (including phenoxy) is 1. The lowest BCUT2D eigenvalue weighted by molar-refractivity contribution is 0.0378. The smallest absolute Gasteiger partial charge is 0.182 e. The summed E-state index contributed by atoms with van der Waals surface area (Å²) >= 11 is 1.66. The molecule has 0 atom stereocenters. The molecule has 2 rings (SSSR count). The van der Waals surface area contributed by atoms with Crippen molar-refractivity contribution in [1.82, 2.24) is 9.88 Å². The molecule has 1 aliphatic heterocycles. The van der Waals surface area contributed by atoms with Crippen molar-refractivity contribution in [2.75, 3.05) is 51.3 Å². The average Bonchev–Trinajstić information content (AvgIpc) is 2.84. The Bertz CT molecular complexity index is 339. The van der Waals surface area contributed by atoms with Crippen LogP contribution in [0.15, 0.2) is 5.38 Å². The van der Waals surface area contributed by atoms with Gasteiger partial charge in [0.1, 0.15) is 0 Å². The Morgan fingerprint density at radius 2 is 2.28 bits per heavy atom. The summed E-state index contributed by atoms with van der Waals surface area (Å²) in [6.45, 7) is 6.67. The number of rotatable bonds is 7. The molecule has 102 valence electrons. The molecule has 0 radical (unpaired) electrons. The number of nitrogens with one attached hydrogen (secondary N) is 1. The third-order valence-electron chi connectivity index (χ3n) is 2.98. The van der Waals surface area contributed by atoms with Crippen molar-refractivity contribution in [1.29, 1.82) is 0 Å². The zero-order chi connectivity index (χ0) is 12.6. The number of hydrogen-bond donors (Lipinski definition) is 2. The van der Waals surface area contributed by atoms with Gasteiger partial charge in [-0.25, -0.2) is 4.98 Å². The van der Waals surface area contributed by atoms with Crippen molar-refractivity contribution >= 4 is 16.5 Å². The lowest BCUT2D eigenvalue weighted by atomic mass is 10.3. The van der Waals surface area contributed by atoms with Crippen molar-refractivity contribution in [2.45, 2.75) is 12.8 Å². The van der Waals surface area contributed by atoms with Gasteiger partial charge in [-0.05, 0) is 19.5 Å². The molecule has 0 unspecified atom stereocenters. The first kappa shape index (κ1) is 13.7. The van der Waals surface area contributed by atoms with Crippen LogP contribution in [0, 0.1) is 0 Å². The Labute approximate surface area is 112 Å². The maximum Gasteiger partial charge on any atom is 0.182 e. The van der Waals surface area contributed by atoms with Gasteiger partial charge in [0.15, 0.2) is 5.13 Å². The molecular weight excluding hydrogens is 248 g/mol. The van der Waals surface area contributed by atoms with Crippen LogP contribution >= 0.6 is 11.3 Å². The summed E-state index contributed by atoms with van der Waals surface area (Å²) in [5.74, 6) is 0. The first-order chi connectivity index (χ1) is 8.88. The van der Waals surface area contributed by atoms with Crippen molar-refractivity contribution in [3.63, 3.8) is 0 Å². The number of hydrogen-bond acceptors (Lipinski definition) is 6. The fourth-order valence-corrected chi connectivity index (χ4v) is 2.75. The van der Waals surface area contributed by atoms with Gasteiger partial charge < -0.3 is 15.8 Å². The summed E-state index contributed by atoms with van der Waals surface area (Å²) in [5.41, 5.74) is 6.60. The number of nitrogens with two attached hydrogens (primary N) is 1. The highest BCUT2D eigenvalue weighted by molar-refractivity contribution is 7.13. The van der Waals surface area contributed by atoms with E-state index in [9.17, 15) is 0 Å². The molecule has 2 heterocycles. The Hall–Kier alpha value is -0.690. The van der Waals surface area contributed by atoms with Gasteiger partial charge in [-0.3, -0.25) is 4.90 Å². The molecule has 3 N–H and O–H groups in total. The van der Waals surface area contributed by atoms with Crippen LogP contribution in [0.4, 0.5) is 5.13 Å². The molecule has 1 aromatic heterocycles. The Balaban J connectivity index is 1.59. The maximum atomic E-state index is 5.50. The van der Waals surface area contributed by atoms with E-state index in [-0.39, 0.29) is 0 Å². The lowest BCUT2D eigenvalue weighted by Gasteiger charge is -2.26. The van der Waals surface area contributed by atoms with E-state index in [1.165, 1.54) is 0 Å². The zero-order valence-corrected chi connectivity index (χ0v) is 11.5. The highest BCUT2D eigenvalue weighted by Crippen LogP contribution is 2.15. The van der Waals surface area contributed by atoms with Crippen molar-refractivity contribution in [3.8, 4) is 0 Å². The highest BCUT2D eigenvalue weighted by Gasteiger charge is 2.09. The quantitative estimate of drug-likeness (QED) is 0.717. The normalized spacial score (nSPS) is 16.9. The van der Waals surface area contributed by atoms with Crippen LogP contribution in [0.2, 0.25) is 0 Å². The van der Waals surface area contributed by atoms with Crippen LogP contribution in [0.3, 0.4) is 0 Å². The summed E-state index contributed by atoms with van der Waals surface area (Å²) in [4.78, 5) is 6.93. The van der Waals surface area contributed by atoms with Crippen LogP contribution < -0.4 is 11.1 Å². The minimum atomic E-state index is 0.667. The Morgan fingerprint density at radius 1 is 1.44 bits per heavy atom. The monoisotopic (exact) mass is 270 g/mol. The summed E-state index contributed by atoms with van der Waals surface area (Å²) in [6.07, 6.45) is 2.01. The van der Waals surface area contributed by atoms with Crippen LogP contribution in [0.5, 0.6) is 0 Å². The van der Waals surface area contributed by atoms with E-state index in [1.54, 1.807) is 11.3 Å². The molecule has 18 heavy (non-hydrogen) atoms. The number of nitrogens with zero attached hydrogens (tertiary/aromatic N) is 2. The first-order valence-electron chi connectivity index (χ1n) is 6.57. The molecule has 5 nitrogen and oxygen atoms in total. The summed E-state index contributed by atoms with van der Waals surface area (Å²) in [5, 5.41) is 6.47. The molecule has 0 aromatic carbocycles. The molecule has 0 spiro atoms. The molecule has 0 bridgehead atoms. The number of thiazole rings is 1. The predicted molar refractivity (Wildman–Crippen MR) is 75.2 cm³/mol. The summed E-state index contributed by atoms with van der Waals surface area (Å²) in [7, 11) is 0. The number of aromatic nitrogens is 1. The molecule has 0 aliphatic carbocycles. The molecule has 6 heteroatoms. The zero-order valence-electron chi connectivity index (χ0n) is 10.7. The maximum absolute atomic E-state index is 5.50. The van der Waals surface area contributed by atoms with E-state index in [0.29, 0.717) is 6.54 Å². The second-order valence-electron chi connectivity index (χ2n) is 4.42. The van der Waals surface area contributed by atoms with Crippen molar-refractivity contribution in [3.05, 3.63) is 11.1 Å². The van der Waals surface area contributed by atoms with E-state index in [1.807, 2.05) is 0 Å². The molecule has 0 saturated carbocycles. The second kappa shape index (κ2) is 7.68. The molecule has 1 saturated heterocycles. The third-order valence-corrected chi connectivity index (χ3v) is 3.83. The van der Waals surface area contributed by atoms with Gasteiger partial charge in [0.2, 0.25) is 0 Å². The van der Waals surface area contributed by atoms with Crippen LogP contribution in [-0.4, -0.2) is 55.8 Å². The van der Waals surface area contributed by atoms with Crippen LogP contribution in [0.1, 0.15) is 12.1 Å². The van der Waals surface area contributed by atoms with Gasteiger partial charge in [-0.2, -0.15) is 0 Å². The average molecular weight is 270 g/mol. The first-order valence-corrected chi connectivity index (χ1v) is 7.45. The van der Waals surface area contributed by atoms with Gasteiger partial charge >= 0.3 is 0 Å². The van der Waals surface area contributed by atoms with Crippen molar-refractivity contribution < 1.29 is 4.74 Å². The van der Waals surface area contributed by atoms with E-state index in [0.717, 1.165) is 63.1 Å². The number of anilines is 1. The Kier molecular flexibility index (Phi) is 5.86. The second-order valence-corrected chi connectivity index (χ2v) is 5.28. The lowest BCUT2D eigenvalue weighted by Crippen LogP contribution is -2.37. The van der Waals surface area contributed by atoms with Crippen molar-refractivity contribution in [2.24, 2.45) is 5.73 Å². The van der Waals surface area contributed by atoms with Gasteiger partial charge in [0.05, 0.1) is 18.9 Å². The van der Waals surface area contributed by atoms with Gasteiger partial charge in [-0.1, -0.05) is 0 Å². The van der Waals surface area contributed by atoms with Crippen LogP contribution in [0.25, 0.3) is 0 Å². The molecule has 1 aliphatic rings. The standard InChI is InChI=1S/C12H22N4OS/c13-3-2-11-10-18-12(15-11)14-4-1-5-16-6-8-17-9-7-16/h10H,1-9,13H2,(H,14,15). The minimum Gasteiger partial charge on any atom is -0.379 e. The highest BCUT2D eigenvalue weighted by atomic mass is 32.1. The fourth-order valence-electron chi connectivity index (χ4n) is 1.97. The molecule has 1 fully saturated rings. The predicted octanol–water partition coefficient (Wildman–Crippen LogP) is 0.778. The van der Waals surface area contributed by atoms with Crippen LogP contribution in [-0.2, 0) is 11.2 Å². The SMILES string of the molecule is NCCc1csc(NCCCN2CCOCC2)n1. The van der Waals surface area contributed by atoms with Gasteiger partial charge in [0, 0.05) is 31.4 Å². The Morgan fingerprint density at radius 3 is 3.06 bits per heavy atom. The summed E-state index contributed by atoms with van der Waals surface area (Å²) < 4.78 is 5.33. The molecule has 0 amide bonds. The topological polar surface area (TPSA) is 63.4 Å². The minimum absolute atomic E-state index is 0.667. The van der Waals surface area contributed by atoms with E-state index < -0.39 is 0 Å². The van der Waals surface area contributed by atoms with Gasteiger partial charge in [0.25, 0.3) is 0 Å². The fraction of sp³-hybridized carbons (Fsp3) is 0.750. The molecule has 1 aromatic rings. The number of morpholine rings is 1. The summed E-state index contributed by atoms with van der Waals surface area (Å²) in [6, 6.07) is 0. The van der Waals surface area contributed by atoms with E-state index in [4.69, 9.17) is 10.5 Å².